The van der Waals surface area contributed by atoms with Gasteiger partial charge >= 0.3 is 0 Å². The maximum atomic E-state index is 14.0. The highest BCUT2D eigenvalue weighted by Gasteiger charge is 2.41. The summed E-state index contributed by atoms with van der Waals surface area (Å²) in [7, 11) is 1.72. The molecular formula is C14H18FN3O2. The molecule has 5 nitrogen and oxygen atoms in total. The van der Waals surface area contributed by atoms with Crippen LogP contribution in [0.15, 0.2) is 18.2 Å². The summed E-state index contributed by atoms with van der Waals surface area (Å²) in [5, 5.41) is 5.21. The highest BCUT2D eigenvalue weighted by atomic mass is 19.1. The second-order valence-corrected chi connectivity index (χ2v) is 5.29. The SMILES string of the molecule is CNCc1c(F)cccc1N1CC(=O)NC(=O)C1(C)C. The first kappa shape index (κ1) is 14.5. The lowest BCUT2D eigenvalue weighted by molar-refractivity contribution is -0.135. The molecule has 1 saturated heterocycles. The van der Waals surface area contributed by atoms with Crippen molar-refractivity contribution in [2.45, 2.75) is 25.9 Å². The zero-order valence-corrected chi connectivity index (χ0v) is 11.8. The van der Waals surface area contributed by atoms with Gasteiger partial charge in [0.2, 0.25) is 5.91 Å². The lowest BCUT2D eigenvalue weighted by Crippen LogP contribution is -2.64. The molecule has 1 aliphatic rings. The standard InChI is InChI=1S/C14H18FN3O2/c1-14(2)13(20)17-12(19)8-18(14)11-6-4-5-10(15)9(11)7-16-3/h4-6,16H,7-8H2,1-3H3,(H,17,19,20). The molecule has 6 heteroatoms. The molecule has 1 heterocycles. The van der Waals surface area contributed by atoms with Crippen molar-refractivity contribution in [2.75, 3.05) is 18.5 Å². The van der Waals surface area contributed by atoms with Gasteiger partial charge in [0.1, 0.15) is 11.4 Å². The third-order valence-corrected chi connectivity index (χ3v) is 3.52. The molecule has 0 bridgehead atoms. The van der Waals surface area contributed by atoms with Crippen LogP contribution in [0.3, 0.4) is 0 Å². The van der Waals surface area contributed by atoms with Crippen molar-refractivity contribution in [3.63, 3.8) is 0 Å². The summed E-state index contributed by atoms with van der Waals surface area (Å²) in [6.07, 6.45) is 0. The smallest absolute Gasteiger partial charge is 0.251 e. The topological polar surface area (TPSA) is 61.4 Å². The van der Waals surface area contributed by atoms with Crippen molar-refractivity contribution >= 4 is 17.5 Å². The summed E-state index contributed by atoms with van der Waals surface area (Å²) < 4.78 is 14.0. The van der Waals surface area contributed by atoms with Crippen LogP contribution in [-0.2, 0) is 16.1 Å². The molecule has 2 amide bonds. The summed E-state index contributed by atoms with van der Waals surface area (Å²) in [6.45, 7) is 3.77. The number of halogens is 1. The Balaban J connectivity index is 2.51. The van der Waals surface area contributed by atoms with Gasteiger partial charge in [-0.1, -0.05) is 6.07 Å². The summed E-state index contributed by atoms with van der Waals surface area (Å²) in [5.41, 5.74) is 0.0996. The Hall–Kier alpha value is -1.95. The van der Waals surface area contributed by atoms with Gasteiger partial charge in [0, 0.05) is 17.8 Å². The molecule has 1 aliphatic heterocycles. The van der Waals surface area contributed by atoms with Gasteiger partial charge in [-0.3, -0.25) is 14.9 Å². The summed E-state index contributed by atoms with van der Waals surface area (Å²) >= 11 is 0. The molecule has 2 rings (SSSR count). The average molecular weight is 279 g/mol. The molecule has 2 N–H and O–H groups in total. The molecule has 0 radical (unpaired) electrons. The van der Waals surface area contributed by atoms with E-state index in [2.05, 4.69) is 10.6 Å². The van der Waals surface area contributed by atoms with Crippen molar-refractivity contribution in [3.8, 4) is 0 Å². The first-order valence-electron chi connectivity index (χ1n) is 6.42. The lowest BCUT2D eigenvalue weighted by Gasteiger charge is -2.42. The molecular weight excluding hydrogens is 261 g/mol. The molecule has 20 heavy (non-hydrogen) atoms. The number of carbonyl (C=O) groups is 2. The number of benzene rings is 1. The maximum absolute atomic E-state index is 14.0. The van der Waals surface area contributed by atoms with Gasteiger partial charge in [-0.2, -0.15) is 0 Å². The molecule has 1 aromatic rings. The van der Waals surface area contributed by atoms with Crippen molar-refractivity contribution < 1.29 is 14.0 Å². The van der Waals surface area contributed by atoms with E-state index in [1.54, 1.807) is 37.9 Å². The molecule has 1 fully saturated rings. The number of hydrogen-bond acceptors (Lipinski definition) is 4. The normalized spacial score (nSPS) is 18.1. The van der Waals surface area contributed by atoms with Crippen molar-refractivity contribution in [1.82, 2.24) is 10.6 Å². The zero-order chi connectivity index (χ0) is 14.9. The van der Waals surface area contributed by atoms with Gasteiger partial charge in [-0.25, -0.2) is 4.39 Å². The Morgan fingerprint density at radius 3 is 2.75 bits per heavy atom. The highest BCUT2D eigenvalue weighted by Crippen LogP contribution is 2.30. The van der Waals surface area contributed by atoms with Gasteiger partial charge in [0.25, 0.3) is 5.91 Å². The minimum Gasteiger partial charge on any atom is -0.348 e. The van der Waals surface area contributed by atoms with Gasteiger partial charge in [-0.15, -0.1) is 0 Å². The van der Waals surface area contributed by atoms with E-state index in [0.717, 1.165) is 0 Å². The Morgan fingerprint density at radius 2 is 2.10 bits per heavy atom. The number of nitrogens with one attached hydrogen (secondary N) is 2. The van der Waals surface area contributed by atoms with E-state index in [1.165, 1.54) is 6.07 Å². The number of rotatable bonds is 3. The molecule has 0 aliphatic carbocycles. The van der Waals surface area contributed by atoms with Crippen molar-refractivity contribution in [1.29, 1.82) is 0 Å². The Morgan fingerprint density at radius 1 is 1.40 bits per heavy atom. The molecule has 108 valence electrons. The average Bonchev–Trinajstić information content (AvgIpc) is 2.37. The minimum absolute atomic E-state index is 0.0267. The molecule has 0 saturated carbocycles. The molecule has 0 aromatic heterocycles. The van der Waals surface area contributed by atoms with Crippen LogP contribution in [-0.4, -0.2) is 30.9 Å². The van der Waals surface area contributed by atoms with Gasteiger partial charge in [0.05, 0.1) is 6.54 Å². The predicted octanol–water partition coefficient (Wildman–Crippen LogP) is 0.786. The molecule has 0 unspecified atom stereocenters. The van der Waals surface area contributed by atoms with Crippen LogP contribution < -0.4 is 15.5 Å². The Kier molecular flexibility index (Phi) is 3.76. The molecule has 1 aromatic carbocycles. The second kappa shape index (κ2) is 5.20. The van der Waals surface area contributed by atoms with Crippen LogP contribution in [0.4, 0.5) is 10.1 Å². The number of piperazine rings is 1. The van der Waals surface area contributed by atoms with Gasteiger partial charge in [0.15, 0.2) is 0 Å². The fraction of sp³-hybridized carbons (Fsp3) is 0.429. The summed E-state index contributed by atoms with van der Waals surface area (Å²) in [6, 6.07) is 4.68. The van der Waals surface area contributed by atoms with E-state index in [0.29, 0.717) is 17.8 Å². The highest BCUT2D eigenvalue weighted by molar-refractivity contribution is 6.06. The number of carbonyl (C=O) groups excluding carboxylic acids is 2. The van der Waals surface area contributed by atoms with Crippen molar-refractivity contribution in [2.24, 2.45) is 0 Å². The van der Waals surface area contributed by atoms with Crippen LogP contribution in [0.25, 0.3) is 0 Å². The van der Waals surface area contributed by atoms with E-state index in [9.17, 15) is 14.0 Å². The summed E-state index contributed by atoms with van der Waals surface area (Å²) in [4.78, 5) is 25.2. The Bertz CT molecular complexity index is 557. The van der Waals surface area contributed by atoms with Gasteiger partial charge in [-0.05, 0) is 33.0 Å². The quantitative estimate of drug-likeness (QED) is 0.803. The van der Waals surface area contributed by atoms with Crippen molar-refractivity contribution in [3.05, 3.63) is 29.6 Å². The van der Waals surface area contributed by atoms with E-state index in [4.69, 9.17) is 0 Å². The zero-order valence-electron chi connectivity index (χ0n) is 11.8. The minimum atomic E-state index is -0.913. The van der Waals surface area contributed by atoms with E-state index >= 15 is 0 Å². The summed E-state index contributed by atoms with van der Waals surface area (Å²) in [5.74, 6) is -1.12. The van der Waals surface area contributed by atoms with Crippen LogP contribution in [0.1, 0.15) is 19.4 Å². The number of amides is 2. The number of nitrogens with zero attached hydrogens (tertiary/aromatic N) is 1. The predicted molar refractivity (Wildman–Crippen MR) is 73.7 cm³/mol. The van der Waals surface area contributed by atoms with Crippen LogP contribution >= 0.6 is 0 Å². The van der Waals surface area contributed by atoms with E-state index in [1.807, 2.05) is 0 Å². The lowest BCUT2D eigenvalue weighted by atomic mass is 9.96. The number of hydrogen-bond donors (Lipinski definition) is 2. The van der Waals surface area contributed by atoms with Gasteiger partial charge < -0.3 is 10.2 Å². The fourth-order valence-electron chi connectivity index (χ4n) is 2.32. The maximum Gasteiger partial charge on any atom is 0.251 e. The van der Waals surface area contributed by atoms with E-state index < -0.39 is 5.54 Å². The number of anilines is 1. The molecule has 0 atom stereocenters. The van der Waals surface area contributed by atoms with Crippen LogP contribution in [0.5, 0.6) is 0 Å². The first-order valence-corrected chi connectivity index (χ1v) is 6.42. The Labute approximate surface area is 117 Å². The van der Waals surface area contributed by atoms with Crippen LogP contribution in [0.2, 0.25) is 0 Å². The van der Waals surface area contributed by atoms with E-state index in [-0.39, 0.29) is 24.2 Å². The van der Waals surface area contributed by atoms with Crippen LogP contribution in [0, 0.1) is 5.82 Å². The third-order valence-electron chi connectivity index (χ3n) is 3.52. The second-order valence-electron chi connectivity index (χ2n) is 5.29. The molecule has 0 spiro atoms. The first-order chi connectivity index (χ1) is 9.37. The largest absolute Gasteiger partial charge is 0.348 e. The third kappa shape index (κ3) is 2.38. The monoisotopic (exact) mass is 279 g/mol. The number of imide groups is 1. The fourth-order valence-corrected chi connectivity index (χ4v) is 2.32.